The molecule has 0 saturated heterocycles. The molecule has 21 heavy (non-hydrogen) atoms. The summed E-state index contributed by atoms with van der Waals surface area (Å²) in [5, 5.41) is 20.7. The van der Waals surface area contributed by atoms with Crippen LogP contribution in [-0.2, 0) is 10.0 Å². The highest BCUT2D eigenvalue weighted by atomic mass is 32.2. The third-order valence-electron chi connectivity index (χ3n) is 2.67. The molecule has 0 radical (unpaired) electrons. The van der Waals surface area contributed by atoms with E-state index in [1.807, 2.05) is 0 Å². The molecule has 118 valence electrons. The number of likely N-dealkylation sites (N-methyl/N-ethyl adjacent to an activating group) is 1. The fourth-order valence-corrected chi connectivity index (χ4v) is 3.59. The second kappa shape index (κ2) is 6.04. The summed E-state index contributed by atoms with van der Waals surface area (Å²) in [7, 11) is -4.29. The van der Waals surface area contributed by atoms with Gasteiger partial charge in [-0.25, -0.2) is 8.42 Å². The molecule has 0 aliphatic carbocycles. The van der Waals surface area contributed by atoms with Gasteiger partial charge in [-0.1, -0.05) is 13.0 Å². The Bertz CT molecular complexity index is 640. The number of hydrogen-bond donors (Lipinski definition) is 1. The first-order valence-corrected chi connectivity index (χ1v) is 7.60. The maximum absolute atomic E-state index is 13.6. The Labute approximate surface area is 122 Å². The number of nitro groups is 1. The normalized spacial score (nSPS) is 12.7. The molecule has 1 N–H and O–H groups in total. The summed E-state index contributed by atoms with van der Waals surface area (Å²) >= 11 is 0. The third kappa shape index (κ3) is 3.96. The van der Waals surface area contributed by atoms with E-state index in [-0.39, 0.29) is 13.1 Å². The summed E-state index contributed by atoms with van der Waals surface area (Å²) in [6.07, 6.45) is 0. The van der Waals surface area contributed by atoms with Gasteiger partial charge in [0.05, 0.1) is 10.5 Å². The van der Waals surface area contributed by atoms with Gasteiger partial charge in [-0.05, 0) is 26.0 Å². The van der Waals surface area contributed by atoms with Gasteiger partial charge < -0.3 is 5.11 Å². The monoisotopic (exact) mass is 320 g/mol. The van der Waals surface area contributed by atoms with Crippen molar-refractivity contribution < 1.29 is 22.8 Å². The van der Waals surface area contributed by atoms with E-state index >= 15 is 0 Å². The summed E-state index contributed by atoms with van der Waals surface area (Å²) < 4.78 is 39.4. The molecule has 0 fully saturated rings. The van der Waals surface area contributed by atoms with E-state index in [0.717, 1.165) is 22.5 Å². The standard InChI is InChI=1S/C12H17FN2O5S/c1-4-14(8-12(2,3)16)21(19,20)10-7-5-6-9(13)11(10)15(17)18/h5-7,16H,4,8H2,1-3H3. The summed E-state index contributed by atoms with van der Waals surface area (Å²) in [6.45, 7) is 4.06. The number of rotatable bonds is 6. The zero-order valence-corrected chi connectivity index (χ0v) is 12.7. The number of nitro benzene ring substituents is 1. The molecule has 1 aromatic rings. The lowest BCUT2D eigenvalue weighted by molar-refractivity contribution is -0.390. The molecule has 0 aromatic heterocycles. The Hall–Kier alpha value is -1.58. The van der Waals surface area contributed by atoms with Crippen molar-refractivity contribution in [1.29, 1.82) is 0 Å². The van der Waals surface area contributed by atoms with Crippen LogP contribution in [0.3, 0.4) is 0 Å². The zero-order valence-electron chi connectivity index (χ0n) is 11.9. The van der Waals surface area contributed by atoms with Gasteiger partial charge in [-0.15, -0.1) is 0 Å². The topological polar surface area (TPSA) is 101 Å². The van der Waals surface area contributed by atoms with Gasteiger partial charge in [0.15, 0.2) is 4.90 Å². The van der Waals surface area contributed by atoms with E-state index in [1.165, 1.54) is 20.8 Å². The lowest BCUT2D eigenvalue weighted by Crippen LogP contribution is -2.42. The molecule has 0 saturated carbocycles. The molecule has 7 nitrogen and oxygen atoms in total. The van der Waals surface area contributed by atoms with Crippen LogP contribution in [0.2, 0.25) is 0 Å². The SMILES string of the molecule is CCN(CC(C)(C)O)S(=O)(=O)c1cccc(F)c1[N+](=O)[O-]. The van der Waals surface area contributed by atoms with Crippen LogP contribution < -0.4 is 0 Å². The Morgan fingerprint density at radius 3 is 2.43 bits per heavy atom. The molecule has 0 unspecified atom stereocenters. The van der Waals surface area contributed by atoms with Crippen molar-refractivity contribution in [2.24, 2.45) is 0 Å². The summed E-state index contributed by atoms with van der Waals surface area (Å²) in [4.78, 5) is 9.13. The van der Waals surface area contributed by atoms with Gasteiger partial charge in [0.1, 0.15) is 0 Å². The van der Waals surface area contributed by atoms with Crippen LogP contribution in [0.25, 0.3) is 0 Å². The highest BCUT2D eigenvalue weighted by Crippen LogP contribution is 2.29. The minimum atomic E-state index is -4.29. The minimum absolute atomic E-state index is 0.0139. The maximum Gasteiger partial charge on any atom is 0.324 e. The molecule has 0 amide bonds. The minimum Gasteiger partial charge on any atom is -0.389 e. The van der Waals surface area contributed by atoms with Crippen LogP contribution in [0.15, 0.2) is 23.1 Å². The van der Waals surface area contributed by atoms with Crippen LogP contribution in [0.5, 0.6) is 0 Å². The fraction of sp³-hybridized carbons (Fsp3) is 0.500. The Kier molecular flexibility index (Phi) is 5.03. The van der Waals surface area contributed by atoms with Crippen molar-refractivity contribution in [1.82, 2.24) is 4.31 Å². The molecule has 1 rings (SSSR count). The Balaban J connectivity index is 3.43. The molecule has 0 atom stereocenters. The van der Waals surface area contributed by atoms with E-state index < -0.39 is 36.9 Å². The second-order valence-electron chi connectivity index (χ2n) is 5.09. The predicted octanol–water partition coefficient (Wildman–Crippen LogP) is 1.52. The quantitative estimate of drug-likeness (QED) is 0.632. The van der Waals surface area contributed by atoms with E-state index in [4.69, 9.17) is 0 Å². The predicted molar refractivity (Wildman–Crippen MR) is 73.8 cm³/mol. The number of benzene rings is 1. The first-order valence-electron chi connectivity index (χ1n) is 6.16. The van der Waals surface area contributed by atoms with Gasteiger partial charge in [0.25, 0.3) is 0 Å². The van der Waals surface area contributed by atoms with Crippen molar-refractivity contribution in [3.05, 3.63) is 34.1 Å². The smallest absolute Gasteiger partial charge is 0.324 e. The molecular weight excluding hydrogens is 303 g/mol. The van der Waals surface area contributed by atoms with E-state index in [1.54, 1.807) is 0 Å². The van der Waals surface area contributed by atoms with Gasteiger partial charge >= 0.3 is 5.69 Å². The summed E-state index contributed by atoms with van der Waals surface area (Å²) in [6, 6.07) is 2.89. The molecule has 0 heterocycles. The molecule has 9 heteroatoms. The summed E-state index contributed by atoms with van der Waals surface area (Å²) in [5.74, 6) is -1.22. The van der Waals surface area contributed by atoms with E-state index in [0.29, 0.717) is 0 Å². The lowest BCUT2D eigenvalue weighted by atomic mass is 10.1. The largest absolute Gasteiger partial charge is 0.389 e. The van der Waals surface area contributed by atoms with Crippen molar-refractivity contribution in [3.63, 3.8) is 0 Å². The van der Waals surface area contributed by atoms with Crippen LogP contribution in [0.4, 0.5) is 10.1 Å². The number of aliphatic hydroxyl groups is 1. The third-order valence-corrected chi connectivity index (χ3v) is 4.62. The number of halogens is 1. The average molecular weight is 320 g/mol. The van der Waals surface area contributed by atoms with Crippen LogP contribution >= 0.6 is 0 Å². The first-order chi connectivity index (χ1) is 9.50. The Morgan fingerprint density at radius 1 is 1.43 bits per heavy atom. The molecular formula is C12H17FN2O5S. The number of hydrogen-bond acceptors (Lipinski definition) is 5. The van der Waals surface area contributed by atoms with Gasteiger partial charge in [-0.3, -0.25) is 10.1 Å². The van der Waals surface area contributed by atoms with Gasteiger partial charge in [0.2, 0.25) is 15.8 Å². The van der Waals surface area contributed by atoms with Crippen molar-refractivity contribution >= 4 is 15.7 Å². The van der Waals surface area contributed by atoms with Crippen molar-refractivity contribution in [2.45, 2.75) is 31.3 Å². The van der Waals surface area contributed by atoms with Gasteiger partial charge in [-0.2, -0.15) is 8.70 Å². The average Bonchev–Trinajstić information content (AvgIpc) is 2.33. The van der Waals surface area contributed by atoms with Crippen molar-refractivity contribution in [2.75, 3.05) is 13.1 Å². The molecule has 0 aliphatic rings. The fourth-order valence-electron chi connectivity index (χ4n) is 1.82. The highest BCUT2D eigenvalue weighted by molar-refractivity contribution is 7.89. The lowest BCUT2D eigenvalue weighted by Gasteiger charge is -2.27. The van der Waals surface area contributed by atoms with E-state index in [2.05, 4.69) is 0 Å². The molecule has 0 bridgehead atoms. The molecule has 1 aromatic carbocycles. The van der Waals surface area contributed by atoms with Crippen LogP contribution in [-0.4, -0.2) is 41.4 Å². The second-order valence-corrected chi connectivity index (χ2v) is 6.99. The van der Waals surface area contributed by atoms with Crippen molar-refractivity contribution in [3.8, 4) is 0 Å². The highest BCUT2D eigenvalue weighted by Gasteiger charge is 2.35. The van der Waals surface area contributed by atoms with Crippen LogP contribution in [0, 0.1) is 15.9 Å². The Morgan fingerprint density at radius 2 is 2.00 bits per heavy atom. The maximum atomic E-state index is 13.6. The summed E-state index contributed by atoms with van der Waals surface area (Å²) in [5.41, 5.74) is -2.42. The number of nitrogens with zero attached hydrogens (tertiary/aromatic N) is 2. The van der Waals surface area contributed by atoms with E-state index in [9.17, 15) is 28.0 Å². The van der Waals surface area contributed by atoms with Gasteiger partial charge in [0, 0.05) is 13.1 Å². The van der Waals surface area contributed by atoms with Crippen LogP contribution in [0.1, 0.15) is 20.8 Å². The zero-order chi connectivity index (χ0) is 16.4. The first kappa shape index (κ1) is 17.5. The molecule has 0 spiro atoms. The number of sulfonamides is 1. The number of para-hydroxylation sites is 1. The molecule has 0 aliphatic heterocycles.